The highest BCUT2D eigenvalue weighted by atomic mass is 32.2. The quantitative estimate of drug-likeness (QED) is 0.745. The number of hydrogen-bond acceptors (Lipinski definition) is 6. The molecule has 0 unspecified atom stereocenters. The van der Waals surface area contributed by atoms with E-state index in [4.69, 9.17) is 0 Å². The lowest BCUT2D eigenvalue weighted by Crippen LogP contribution is -2.19. The number of aromatic amines is 1. The third-order valence-corrected chi connectivity index (χ3v) is 5.26. The fraction of sp³-hybridized carbons (Fsp3) is 0.455. The number of aryl methyl sites for hydroxylation is 1. The van der Waals surface area contributed by atoms with Gasteiger partial charge in [-0.25, -0.2) is 4.98 Å². The van der Waals surface area contributed by atoms with Gasteiger partial charge in [0.1, 0.15) is 0 Å². The fourth-order valence-electron chi connectivity index (χ4n) is 1.77. The molecule has 0 spiro atoms. The van der Waals surface area contributed by atoms with Gasteiger partial charge in [0.25, 0.3) is 10.0 Å². The lowest BCUT2D eigenvalue weighted by atomic mass is 10.3. The van der Waals surface area contributed by atoms with Gasteiger partial charge in [-0.05, 0) is 19.8 Å². The molecule has 1 fully saturated rings. The number of nitrogens with one attached hydrogen (secondary N) is 3. The Morgan fingerprint density at radius 2 is 2.25 bits per heavy atom. The first-order chi connectivity index (χ1) is 9.54. The maximum Gasteiger partial charge on any atom is 0.280 e. The van der Waals surface area contributed by atoms with E-state index in [1.54, 1.807) is 6.20 Å². The summed E-state index contributed by atoms with van der Waals surface area (Å²) in [6, 6.07) is 0.509. The predicted molar refractivity (Wildman–Crippen MR) is 76.1 cm³/mol. The molecule has 1 aliphatic rings. The summed E-state index contributed by atoms with van der Waals surface area (Å²) in [5, 5.41) is 10.1. The number of thiazole rings is 1. The van der Waals surface area contributed by atoms with Crippen molar-refractivity contribution in [1.82, 2.24) is 20.5 Å². The second-order valence-corrected chi connectivity index (χ2v) is 7.62. The second kappa shape index (κ2) is 5.15. The zero-order chi connectivity index (χ0) is 14.2. The summed E-state index contributed by atoms with van der Waals surface area (Å²) in [6.45, 7) is 2.37. The van der Waals surface area contributed by atoms with E-state index in [1.807, 2.05) is 6.92 Å². The maximum atomic E-state index is 12.3. The van der Waals surface area contributed by atoms with Gasteiger partial charge in [0.05, 0.1) is 6.20 Å². The van der Waals surface area contributed by atoms with Gasteiger partial charge in [-0.2, -0.15) is 13.5 Å². The summed E-state index contributed by atoms with van der Waals surface area (Å²) in [7, 11) is -3.67. The number of H-pyrrole nitrogens is 1. The third kappa shape index (κ3) is 3.00. The van der Waals surface area contributed by atoms with E-state index in [0.29, 0.717) is 23.3 Å². The highest BCUT2D eigenvalue weighted by Gasteiger charge is 2.25. The van der Waals surface area contributed by atoms with Crippen molar-refractivity contribution < 1.29 is 8.42 Å². The smallest absolute Gasteiger partial charge is 0.280 e. The molecule has 0 amide bonds. The molecule has 108 valence electrons. The number of sulfonamides is 1. The van der Waals surface area contributed by atoms with Crippen molar-refractivity contribution in [3.8, 4) is 0 Å². The van der Waals surface area contributed by atoms with Crippen molar-refractivity contribution in [1.29, 1.82) is 0 Å². The zero-order valence-corrected chi connectivity index (χ0v) is 12.5. The van der Waals surface area contributed by atoms with E-state index < -0.39 is 10.0 Å². The Labute approximate surface area is 120 Å². The van der Waals surface area contributed by atoms with Crippen molar-refractivity contribution in [2.75, 3.05) is 4.72 Å². The summed E-state index contributed by atoms with van der Waals surface area (Å²) < 4.78 is 27.1. The van der Waals surface area contributed by atoms with Crippen LogP contribution in [0.4, 0.5) is 5.13 Å². The van der Waals surface area contributed by atoms with Gasteiger partial charge in [-0.15, -0.1) is 11.3 Å². The number of aromatic nitrogens is 3. The van der Waals surface area contributed by atoms with E-state index in [2.05, 4.69) is 25.2 Å². The molecule has 3 rings (SSSR count). The monoisotopic (exact) mass is 313 g/mol. The Hall–Kier alpha value is -1.45. The molecule has 0 bridgehead atoms. The third-order valence-electron chi connectivity index (χ3n) is 2.95. The minimum Gasteiger partial charge on any atom is -0.310 e. The van der Waals surface area contributed by atoms with Crippen molar-refractivity contribution in [2.45, 2.75) is 37.4 Å². The number of anilines is 1. The highest BCUT2D eigenvalue weighted by Crippen LogP contribution is 2.23. The zero-order valence-electron chi connectivity index (χ0n) is 10.9. The molecule has 2 heterocycles. The van der Waals surface area contributed by atoms with Crippen molar-refractivity contribution in [2.24, 2.45) is 0 Å². The van der Waals surface area contributed by atoms with Gasteiger partial charge in [0.15, 0.2) is 10.2 Å². The predicted octanol–water partition coefficient (Wildman–Crippen LogP) is 1.23. The van der Waals surface area contributed by atoms with Gasteiger partial charge in [-0.3, -0.25) is 9.82 Å². The Balaban J connectivity index is 1.77. The fourth-order valence-corrected chi connectivity index (χ4v) is 3.81. The Morgan fingerprint density at radius 1 is 1.45 bits per heavy atom. The van der Waals surface area contributed by atoms with Crippen LogP contribution in [0.15, 0.2) is 17.4 Å². The van der Waals surface area contributed by atoms with Crippen LogP contribution in [0, 0.1) is 6.92 Å². The average molecular weight is 313 g/mol. The van der Waals surface area contributed by atoms with Crippen molar-refractivity contribution in [3.63, 3.8) is 0 Å². The molecule has 2 aromatic heterocycles. The largest absolute Gasteiger partial charge is 0.310 e. The van der Waals surface area contributed by atoms with E-state index in [1.165, 1.54) is 17.5 Å². The summed E-state index contributed by atoms with van der Waals surface area (Å²) in [5.41, 5.74) is 0.637. The highest BCUT2D eigenvalue weighted by molar-refractivity contribution is 7.92. The van der Waals surface area contributed by atoms with Gasteiger partial charge in [-0.1, -0.05) is 0 Å². The van der Waals surface area contributed by atoms with Gasteiger partial charge >= 0.3 is 0 Å². The first kappa shape index (κ1) is 13.5. The lowest BCUT2D eigenvalue weighted by Gasteiger charge is -2.06. The maximum absolute atomic E-state index is 12.3. The van der Waals surface area contributed by atoms with Crippen LogP contribution >= 0.6 is 11.3 Å². The van der Waals surface area contributed by atoms with E-state index in [-0.39, 0.29) is 5.03 Å². The van der Waals surface area contributed by atoms with Gasteiger partial charge in [0, 0.05) is 29.2 Å². The average Bonchev–Trinajstić information content (AvgIpc) is 2.93. The molecule has 1 aliphatic carbocycles. The van der Waals surface area contributed by atoms with Gasteiger partial charge < -0.3 is 5.32 Å². The lowest BCUT2D eigenvalue weighted by molar-refractivity contribution is 0.593. The molecule has 7 nitrogen and oxygen atoms in total. The minimum atomic E-state index is -3.67. The number of rotatable bonds is 6. The Bertz CT molecular complexity index is 702. The molecule has 2 aromatic rings. The first-order valence-electron chi connectivity index (χ1n) is 6.25. The SMILES string of the molecule is Cc1cnc(NS(=O)(=O)c2[nH]ncc2CNC2CC2)s1. The molecular formula is C11H15N5O2S2. The van der Waals surface area contributed by atoms with E-state index in [0.717, 1.165) is 17.7 Å². The summed E-state index contributed by atoms with van der Waals surface area (Å²) in [5.74, 6) is 0. The van der Waals surface area contributed by atoms with Gasteiger partial charge in [0.2, 0.25) is 0 Å². The van der Waals surface area contributed by atoms with Crippen LogP contribution < -0.4 is 10.0 Å². The minimum absolute atomic E-state index is 0.0958. The molecule has 1 saturated carbocycles. The molecule has 0 saturated heterocycles. The summed E-state index contributed by atoms with van der Waals surface area (Å²) in [6.07, 6.45) is 5.47. The molecule has 20 heavy (non-hydrogen) atoms. The standard InChI is InChI=1S/C11H15N5O2S2/c1-7-4-13-11(19-7)16-20(17,18)10-8(6-14-15-10)5-12-9-2-3-9/h4,6,9,12H,2-3,5H2,1H3,(H,13,16)(H,14,15). The normalized spacial score (nSPS) is 15.4. The van der Waals surface area contributed by atoms with Crippen LogP contribution in [0.25, 0.3) is 0 Å². The van der Waals surface area contributed by atoms with Crippen LogP contribution in [0.1, 0.15) is 23.3 Å². The Kier molecular flexibility index (Phi) is 3.48. The molecule has 3 N–H and O–H groups in total. The van der Waals surface area contributed by atoms with Crippen molar-refractivity contribution in [3.05, 3.63) is 22.8 Å². The van der Waals surface area contributed by atoms with Crippen LogP contribution in [-0.4, -0.2) is 29.6 Å². The summed E-state index contributed by atoms with van der Waals surface area (Å²) >= 11 is 1.29. The van der Waals surface area contributed by atoms with E-state index >= 15 is 0 Å². The molecule has 0 aliphatic heterocycles. The van der Waals surface area contributed by atoms with Crippen molar-refractivity contribution >= 4 is 26.5 Å². The van der Waals surface area contributed by atoms with E-state index in [9.17, 15) is 8.42 Å². The van der Waals surface area contributed by atoms with Crippen LogP contribution in [0.3, 0.4) is 0 Å². The number of nitrogens with zero attached hydrogens (tertiary/aromatic N) is 2. The summed E-state index contributed by atoms with van der Waals surface area (Å²) in [4.78, 5) is 4.95. The van der Waals surface area contributed by atoms with Crippen LogP contribution in [0.2, 0.25) is 0 Å². The van der Waals surface area contributed by atoms with Crippen LogP contribution in [-0.2, 0) is 16.6 Å². The second-order valence-electron chi connectivity index (χ2n) is 4.76. The molecule has 9 heteroatoms. The molecule has 0 aromatic carbocycles. The molecule has 0 radical (unpaired) electrons. The Morgan fingerprint density at radius 3 is 2.90 bits per heavy atom. The molecular weight excluding hydrogens is 298 g/mol. The van der Waals surface area contributed by atoms with Crippen LogP contribution in [0.5, 0.6) is 0 Å². The molecule has 0 atom stereocenters. The first-order valence-corrected chi connectivity index (χ1v) is 8.55. The number of hydrogen-bond donors (Lipinski definition) is 3. The topological polar surface area (TPSA) is 99.8 Å².